The first-order valence-electron chi connectivity index (χ1n) is 6.94. The summed E-state index contributed by atoms with van der Waals surface area (Å²) in [6.07, 6.45) is 1.03. The summed E-state index contributed by atoms with van der Waals surface area (Å²) in [5.41, 5.74) is 0.951. The fourth-order valence-electron chi connectivity index (χ4n) is 2.06. The van der Waals surface area contributed by atoms with Crippen LogP contribution in [0.2, 0.25) is 10.0 Å². The molecule has 0 fully saturated rings. The lowest BCUT2D eigenvalue weighted by molar-refractivity contribution is -0.116. The van der Waals surface area contributed by atoms with E-state index in [-0.39, 0.29) is 23.2 Å². The Balaban J connectivity index is 2.30. The zero-order valence-corrected chi connectivity index (χ0v) is 15.4. The molecule has 0 bridgehead atoms. The molecule has 2 aromatic rings. The van der Waals surface area contributed by atoms with Crippen molar-refractivity contribution in [2.24, 2.45) is 0 Å². The van der Waals surface area contributed by atoms with E-state index in [4.69, 9.17) is 23.2 Å². The van der Waals surface area contributed by atoms with Crippen LogP contribution < -0.4 is 9.21 Å². The minimum atomic E-state index is -3.67. The number of hydrogen-bond donors (Lipinski definition) is 0. The minimum absolute atomic E-state index is 0.215. The second-order valence-corrected chi connectivity index (χ2v) is 7.88. The number of halogens is 2. The van der Waals surface area contributed by atoms with Gasteiger partial charge >= 0.3 is 0 Å². The third kappa shape index (κ3) is 4.41. The molecule has 0 N–H and O–H groups in total. The van der Waals surface area contributed by atoms with Crippen molar-refractivity contribution in [1.82, 2.24) is 0 Å². The van der Waals surface area contributed by atoms with E-state index in [9.17, 15) is 13.2 Å². The molecule has 0 aliphatic heterocycles. The van der Waals surface area contributed by atoms with Gasteiger partial charge in [0.2, 0.25) is 15.9 Å². The topological polar surface area (TPSA) is 57.7 Å². The number of hydrogen-bond acceptors (Lipinski definition) is 3. The summed E-state index contributed by atoms with van der Waals surface area (Å²) >= 11 is 11.8. The highest BCUT2D eigenvalue weighted by molar-refractivity contribution is 7.92. The Hall–Kier alpha value is -1.76. The molecule has 5 nitrogen and oxygen atoms in total. The lowest BCUT2D eigenvalue weighted by Crippen LogP contribution is -2.41. The van der Waals surface area contributed by atoms with Crippen LogP contribution in [0.5, 0.6) is 0 Å². The molecule has 0 atom stereocenters. The molecular formula is C16H16Cl2N2O3S. The lowest BCUT2D eigenvalue weighted by atomic mass is 10.3. The Morgan fingerprint density at radius 2 is 1.62 bits per heavy atom. The number of amides is 1. The summed E-state index contributed by atoms with van der Waals surface area (Å²) < 4.78 is 25.2. The molecule has 0 aliphatic rings. The van der Waals surface area contributed by atoms with Crippen LogP contribution in [0.15, 0.2) is 48.5 Å². The van der Waals surface area contributed by atoms with Crippen LogP contribution in [-0.2, 0) is 14.8 Å². The van der Waals surface area contributed by atoms with Crippen molar-refractivity contribution in [1.29, 1.82) is 0 Å². The third-order valence-corrected chi connectivity index (χ3v) is 5.27. The number of nitrogens with zero attached hydrogens (tertiary/aromatic N) is 2. The standard InChI is InChI=1S/C16H16Cl2N2O3S/c1-19(12-6-4-3-5-7-12)16(21)11-20(24(2,22)23)13-8-9-14(17)15(18)10-13/h3-10H,11H2,1-2H3. The molecule has 1 amide bonds. The molecule has 8 heteroatoms. The minimum Gasteiger partial charge on any atom is -0.314 e. The van der Waals surface area contributed by atoms with Gasteiger partial charge in [0.05, 0.1) is 22.0 Å². The SMILES string of the molecule is CN(C(=O)CN(c1ccc(Cl)c(Cl)c1)S(C)(=O)=O)c1ccccc1. The van der Waals surface area contributed by atoms with E-state index in [1.54, 1.807) is 31.3 Å². The number of sulfonamides is 1. The van der Waals surface area contributed by atoms with Crippen LogP contribution in [0.25, 0.3) is 0 Å². The average Bonchev–Trinajstić information content (AvgIpc) is 2.54. The maximum Gasteiger partial charge on any atom is 0.247 e. The van der Waals surface area contributed by atoms with Crippen LogP contribution in [0.4, 0.5) is 11.4 Å². The second kappa shape index (κ2) is 7.42. The highest BCUT2D eigenvalue weighted by Gasteiger charge is 2.23. The van der Waals surface area contributed by atoms with E-state index in [1.165, 1.54) is 23.1 Å². The average molecular weight is 387 g/mol. The number of carbonyl (C=O) groups is 1. The molecule has 0 spiro atoms. The fourth-order valence-corrected chi connectivity index (χ4v) is 3.20. The molecule has 0 saturated carbocycles. The summed E-state index contributed by atoms with van der Waals surface area (Å²) in [5, 5.41) is 0.522. The van der Waals surface area contributed by atoms with Gasteiger partial charge in [0, 0.05) is 12.7 Å². The molecule has 2 rings (SSSR count). The van der Waals surface area contributed by atoms with Gasteiger partial charge in [-0.2, -0.15) is 0 Å². The number of likely N-dealkylation sites (N-methyl/N-ethyl adjacent to an activating group) is 1. The number of carbonyl (C=O) groups excluding carboxylic acids is 1. The second-order valence-electron chi connectivity index (χ2n) is 5.16. The van der Waals surface area contributed by atoms with Crippen molar-refractivity contribution >= 4 is 50.5 Å². The molecule has 0 saturated heterocycles. The first-order chi connectivity index (χ1) is 11.2. The highest BCUT2D eigenvalue weighted by Crippen LogP contribution is 2.28. The van der Waals surface area contributed by atoms with Crippen molar-refractivity contribution in [3.05, 3.63) is 58.6 Å². The summed E-state index contributed by atoms with van der Waals surface area (Å²) in [7, 11) is -2.08. The van der Waals surface area contributed by atoms with Gasteiger partial charge in [0.15, 0.2) is 0 Å². The van der Waals surface area contributed by atoms with Crippen molar-refractivity contribution in [2.75, 3.05) is 29.1 Å². The number of para-hydroxylation sites is 1. The largest absolute Gasteiger partial charge is 0.314 e. The smallest absolute Gasteiger partial charge is 0.247 e. The lowest BCUT2D eigenvalue weighted by Gasteiger charge is -2.25. The Kier molecular flexibility index (Phi) is 5.74. The summed E-state index contributed by atoms with van der Waals surface area (Å²) in [6.45, 7) is -0.345. The maximum absolute atomic E-state index is 12.5. The number of rotatable bonds is 5. The first-order valence-corrected chi connectivity index (χ1v) is 9.55. The van der Waals surface area contributed by atoms with Crippen molar-refractivity contribution in [2.45, 2.75) is 0 Å². The normalized spacial score (nSPS) is 11.2. The van der Waals surface area contributed by atoms with Gasteiger partial charge < -0.3 is 4.90 Å². The molecule has 0 unspecified atom stereocenters. The van der Waals surface area contributed by atoms with E-state index >= 15 is 0 Å². The van der Waals surface area contributed by atoms with E-state index < -0.39 is 10.0 Å². The third-order valence-electron chi connectivity index (χ3n) is 3.39. The van der Waals surface area contributed by atoms with Crippen LogP contribution in [0.3, 0.4) is 0 Å². The van der Waals surface area contributed by atoms with E-state index in [2.05, 4.69) is 0 Å². The summed E-state index contributed by atoms with van der Waals surface area (Å²) in [5.74, 6) is -0.377. The zero-order valence-electron chi connectivity index (χ0n) is 13.1. The summed E-state index contributed by atoms with van der Waals surface area (Å²) in [4.78, 5) is 13.9. The Morgan fingerprint density at radius 1 is 1.00 bits per heavy atom. The van der Waals surface area contributed by atoms with Gasteiger partial charge in [-0.05, 0) is 30.3 Å². The van der Waals surface area contributed by atoms with Crippen molar-refractivity contribution in [3.8, 4) is 0 Å². The van der Waals surface area contributed by atoms with E-state index in [0.717, 1.165) is 10.6 Å². The number of benzene rings is 2. The Bertz CT molecular complexity index is 842. The maximum atomic E-state index is 12.5. The Labute approximate surface area is 151 Å². The zero-order chi connectivity index (χ0) is 17.9. The predicted octanol–water partition coefficient (Wildman–Crippen LogP) is 3.42. The van der Waals surface area contributed by atoms with Crippen LogP contribution in [-0.4, -0.2) is 34.2 Å². The van der Waals surface area contributed by atoms with Gasteiger partial charge in [-0.25, -0.2) is 8.42 Å². The molecule has 0 heterocycles. The van der Waals surface area contributed by atoms with Gasteiger partial charge in [0.1, 0.15) is 6.54 Å². The molecule has 0 aromatic heterocycles. The van der Waals surface area contributed by atoms with Crippen LogP contribution >= 0.6 is 23.2 Å². The highest BCUT2D eigenvalue weighted by atomic mass is 35.5. The summed E-state index contributed by atoms with van der Waals surface area (Å²) in [6, 6.07) is 13.4. The van der Waals surface area contributed by atoms with Crippen LogP contribution in [0, 0.1) is 0 Å². The van der Waals surface area contributed by atoms with Gasteiger partial charge in [-0.3, -0.25) is 9.10 Å². The molecule has 128 valence electrons. The number of anilines is 2. The van der Waals surface area contributed by atoms with E-state index in [0.29, 0.717) is 10.7 Å². The fraction of sp³-hybridized carbons (Fsp3) is 0.188. The van der Waals surface area contributed by atoms with Gasteiger partial charge in [-0.15, -0.1) is 0 Å². The van der Waals surface area contributed by atoms with Crippen molar-refractivity contribution in [3.63, 3.8) is 0 Å². The van der Waals surface area contributed by atoms with Gasteiger partial charge in [-0.1, -0.05) is 41.4 Å². The molecule has 0 aliphatic carbocycles. The Morgan fingerprint density at radius 3 is 2.17 bits per heavy atom. The predicted molar refractivity (Wildman–Crippen MR) is 98.5 cm³/mol. The molecular weight excluding hydrogens is 371 g/mol. The molecule has 2 aromatic carbocycles. The monoisotopic (exact) mass is 386 g/mol. The molecule has 0 radical (unpaired) electrons. The molecule has 24 heavy (non-hydrogen) atoms. The van der Waals surface area contributed by atoms with Crippen molar-refractivity contribution < 1.29 is 13.2 Å². The first kappa shape index (κ1) is 18.6. The van der Waals surface area contributed by atoms with Gasteiger partial charge in [0.25, 0.3) is 0 Å². The quantitative estimate of drug-likeness (QED) is 0.790. The van der Waals surface area contributed by atoms with E-state index in [1.807, 2.05) is 6.07 Å². The van der Waals surface area contributed by atoms with Crippen LogP contribution in [0.1, 0.15) is 0 Å².